The van der Waals surface area contributed by atoms with Gasteiger partial charge in [-0.25, -0.2) is 4.85 Å². The van der Waals surface area contributed by atoms with Gasteiger partial charge in [0.1, 0.15) is 5.75 Å². The standard InChI is InChI=1S/C9H9NO2/c1-10-8-4-3-7(6-11)9(5-8)12-2/h3-5,11H,6H2,2H3. The van der Waals surface area contributed by atoms with Crippen LogP contribution in [0.2, 0.25) is 0 Å². The molecule has 0 unspecified atom stereocenters. The van der Waals surface area contributed by atoms with Gasteiger partial charge >= 0.3 is 0 Å². The highest BCUT2D eigenvalue weighted by Crippen LogP contribution is 2.24. The summed E-state index contributed by atoms with van der Waals surface area (Å²) in [6.07, 6.45) is 0. The van der Waals surface area contributed by atoms with Crippen LogP contribution in [0.4, 0.5) is 5.69 Å². The molecule has 0 saturated carbocycles. The van der Waals surface area contributed by atoms with Crippen molar-refractivity contribution in [3.05, 3.63) is 35.2 Å². The minimum atomic E-state index is -0.0680. The lowest BCUT2D eigenvalue weighted by Crippen LogP contribution is -1.90. The summed E-state index contributed by atoms with van der Waals surface area (Å²) in [5.74, 6) is 0.561. The molecule has 0 fully saturated rings. The van der Waals surface area contributed by atoms with Crippen molar-refractivity contribution in [1.82, 2.24) is 0 Å². The molecule has 3 heteroatoms. The first kappa shape index (κ1) is 8.57. The van der Waals surface area contributed by atoms with Crippen LogP contribution in [0.5, 0.6) is 5.75 Å². The maximum Gasteiger partial charge on any atom is 0.190 e. The van der Waals surface area contributed by atoms with Crippen LogP contribution in [0.15, 0.2) is 18.2 Å². The average molecular weight is 163 g/mol. The fraction of sp³-hybridized carbons (Fsp3) is 0.222. The fourth-order valence-corrected chi connectivity index (χ4v) is 0.933. The maximum atomic E-state index is 8.86. The number of methoxy groups -OCH3 is 1. The van der Waals surface area contributed by atoms with Crippen molar-refractivity contribution in [2.75, 3.05) is 7.11 Å². The number of hydrogen-bond donors (Lipinski definition) is 1. The van der Waals surface area contributed by atoms with E-state index in [0.717, 1.165) is 0 Å². The van der Waals surface area contributed by atoms with Gasteiger partial charge in [-0.05, 0) is 6.07 Å². The van der Waals surface area contributed by atoms with Crippen LogP contribution in [0, 0.1) is 6.57 Å². The van der Waals surface area contributed by atoms with Gasteiger partial charge < -0.3 is 9.84 Å². The normalized spacial score (nSPS) is 9.08. The molecular weight excluding hydrogens is 154 g/mol. The van der Waals surface area contributed by atoms with Crippen molar-refractivity contribution in [2.24, 2.45) is 0 Å². The van der Waals surface area contributed by atoms with Gasteiger partial charge in [-0.1, -0.05) is 12.1 Å². The summed E-state index contributed by atoms with van der Waals surface area (Å²) in [6.45, 7) is 6.68. The summed E-state index contributed by atoms with van der Waals surface area (Å²) in [4.78, 5) is 3.24. The predicted molar refractivity (Wildman–Crippen MR) is 45.2 cm³/mol. The van der Waals surface area contributed by atoms with Crippen molar-refractivity contribution in [2.45, 2.75) is 6.61 Å². The van der Waals surface area contributed by atoms with Gasteiger partial charge in [-0.3, -0.25) is 0 Å². The Kier molecular flexibility index (Phi) is 2.67. The van der Waals surface area contributed by atoms with Crippen LogP contribution < -0.4 is 4.74 Å². The van der Waals surface area contributed by atoms with E-state index in [1.807, 2.05) is 0 Å². The molecule has 1 aromatic carbocycles. The van der Waals surface area contributed by atoms with Gasteiger partial charge in [0.2, 0.25) is 0 Å². The van der Waals surface area contributed by atoms with Crippen LogP contribution in [0.3, 0.4) is 0 Å². The maximum absolute atomic E-state index is 8.86. The van der Waals surface area contributed by atoms with E-state index in [1.165, 1.54) is 7.11 Å². The molecule has 0 aliphatic rings. The van der Waals surface area contributed by atoms with E-state index in [1.54, 1.807) is 18.2 Å². The van der Waals surface area contributed by atoms with Crippen molar-refractivity contribution in [1.29, 1.82) is 0 Å². The molecule has 0 radical (unpaired) electrons. The van der Waals surface area contributed by atoms with Gasteiger partial charge in [-0.2, -0.15) is 0 Å². The van der Waals surface area contributed by atoms with Gasteiger partial charge in [0.25, 0.3) is 0 Å². The Bertz CT molecular complexity index is 315. The van der Waals surface area contributed by atoms with E-state index in [2.05, 4.69) is 4.85 Å². The first-order chi connectivity index (χ1) is 5.81. The number of aliphatic hydroxyl groups excluding tert-OH is 1. The summed E-state index contributed by atoms with van der Waals surface area (Å²) in [5.41, 5.74) is 1.22. The summed E-state index contributed by atoms with van der Waals surface area (Å²) in [7, 11) is 1.52. The van der Waals surface area contributed by atoms with Gasteiger partial charge in [0, 0.05) is 5.56 Å². The first-order valence-corrected chi connectivity index (χ1v) is 3.47. The Hall–Kier alpha value is -1.53. The molecule has 3 nitrogen and oxygen atoms in total. The van der Waals surface area contributed by atoms with Crippen molar-refractivity contribution in [3.63, 3.8) is 0 Å². The predicted octanol–water partition coefficient (Wildman–Crippen LogP) is 1.74. The second kappa shape index (κ2) is 3.74. The molecule has 0 bridgehead atoms. The zero-order valence-corrected chi connectivity index (χ0v) is 6.74. The largest absolute Gasteiger partial charge is 0.498 e. The Morgan fingerprint density at radius 1 is 1.58 bits per heavy atom. The van der Waals surface area contributed by atoms with E-state index in [4.69, 9.17) is 16.4 Å². The quantitative estimate of drug-likeness (QED) is 0.674. The van der Waals surface area contributed by atoms with Gasteiger partial charge in [-0.15, -0.1) is 0 Å². The molecule has 1 N–H and O–H groups in total. The monoisotopic (exact) mass is 163 g/mol. The highest BCUT2D eigenvalue weighted by Gasteiger charge is 2.01. The summed E-state index contributed by atoms with van der Waals surface area (Å²) >= 11 is 0. The van der Waals surface area contributed by atoms with Gasteiger partial charge in [0.15, 0.2) is 5.69 Å². The summed E-state index contributed by atoms with van der Waals surface area (Å²) in [6, 6.07) is 4.95. The second-order valence-corrected chi connectivity index (χ2v) is 2.27. The number of benzene rings is 1. The zero-order valence-electron chi connectivity index (χ0n) is 6.74. The molecule has 0 atom stereocenters. The van der Waals surface area contributed by atoms with Crippen LogP contribution in [-0.4, -0.2) is 12.2 Å². The lowest BCUT2D eigenvalue weighted by molar-refractivity contribution is 0.274. The fourth-order valence-electron chi connectivity index (χ4n) is 0.933. The third-order valence-corrected chi connectivity index (χ3v) is 1.57. The van der Waals surface area contributed by atoms with Gasteiger partial charge in [0.05, 0.1) is 20.3 Å². The minimum absolute atomic E-state index is 0.0680. The van der Waals surface area contributed by atoms with E-state index in [-0.39, 0.29) is 6.61 Å². The molecule has 62 valence electrons. The lowest BCUT2D eigenvalue weighted by atomic mass is 10.2. The average Bonchev–Trinajstić information content (AvgIpc) is 2.16. The second-order valence-electron chi connectivity index (χ2n) is 2.27. The SMILES string of the molecule is [C-]#[N+]c1ccc(CO)c(OC)c1. The van der Waals surface area contributed by atoms with Crippen LogP contribution >= 0.6 is 0 Å². The summed E-state index contributed by atoms with van der Waals surface area (Å²) in [5, 5.41) is 8.86. The van der Waals surface area contributed by atoms with E-state index >= 15 is 0 Å². The van der Waals surface area contributed by atoms with E-state index < -0.39 is 0 Å². The van der Waals surface area contributed by atoms with Crippen molar-refractivity contribution >= 4 is 5.69 Å². The van der Waals surface area contributed by atoms with Crippen LogP contribution in [0.1, 0.15) is 5.56 Å². The summed E-state index contributed by atoms with van der Waals surface area (Å²) < 4.78 is 4.98. The Morgan fingerprint density at radius 2 is 2.33 bits per heavy atom. The molecule has 0 saturated heterocycles. The Morgan fingerprint density at radius 3 is 2.83 bits per heavy atom. The van der Waals surface area contributed by atoms with Crippen molar-refractivity contribution < 1.29 is 9.84 Å². The molecule has 12 heavy (non-hydrogen) atoms. The highest BCUT2D eigenvalue weighted by atomic mass is 16.5. The number of nitrogens with zero attached hydrogens (tertiary/aromatic N) is 1. The molecular formula is C9H9NO2. The topological polar surface area (TPSA) is 33.8 Å². The Balaban J connectivity index is 3.13. The number of hydrogen-bond acceptors (Lipinski definition) is 2. The number of ether oxygens (including phenoxy) is 1. The van der Waals surface area contributed by atoms with Crippen molar-refractivity contribution in [3.8, 4) is 5.75 Å². The van der Waals surface area contributed by atoms with Crippen LogP contribution in [0.25, 0.3) is 4.85 Å². The smallest absolute Gasteiger partial charge is 0.190 e. The molecule has 0 amide bonds. The highest BCUT2D eigenvalue weighted by molar-refractivity contribution is 5.52. The minimum Gasteiger partial charge on any atom is -0.498 e. The van der Waals surface area contributed by atoms with E-state index in [9.17, 15) is 0 Å². The molecule has 0 heterocycles. The van der Waals surface area contributed by atoms with Crippen LogP contribution in [-0.2, 0) is 6.61 Å². The van der Waals surface area contributed by atoms with E-state index in [0.29, 0.717) is 17.0 Å². The molecule has 0 spiro atoms. The molecule has 1 aromatic rings. The molecule has 0 aliphatic heterocycles. The molecule has 0 aliphatic carbocycles. The third-order valence-electron chi connectivity index (χ3n) is 1.57. The molecule has 0 aromatic heterocycles. The first-order valence-electron chi connectivity index (χ1n) is 3.47. The lowest BCUT2D eigenvalue weighted by Gasteiger charge is -2.05. The molecule has 1 rings (SSSR count). The Labute approximate surface area is 71.0 Å². The number of aliphatic hydroxyl groups is 1. The zero-order chi connectivity index (χ0) is 8.97. The number of rotatable bonds is 2. The third kappa shape index (κ3) is 1.55.